The van der Waals surface area contributed by atoms with Crippen molar-refractivity contribution < 1.29 is 24.5 Å². The Hall–Kier alpha value is -2.56. The lowest BCUT2D eigenvalue weighted by molar-refractivity contribution is -0.129. The number of carbonyl (C=O) groups excluding carboxylic acids is 2. The molecule has 0 saturated heterocycles. The smallest absolute Gasteiger partial charge is 0.183 e. The van der Waals surface area contributed by atoms with Crippen LogP contribution in [0.4, 0.5) is 0 Å². The highest BCUT2D eigenvalue weighted by molar-refractivity contribution is 6.24. The lowest BCUT2D eigenvalue weighted by Crippen LogP contribution is -2.41. The number of methoxy groups -OCH3 is 1. The molecule has 5 heteroatoms. The highest BCUT2D eigenvalue weighted by Gasteiger charge is 2.50. The summed E-state index contributed by atoms with van der Waals surface area (Å²) in [5, 5.41) is 22.8. The molecule has 0 radical (unpaired) electrons. The first-order valence-electron chi connectivity index (χ1n) is 13.5. The summed E-state index contributed by atoms with van der Waals surface area (Å²) in [6.07, 6.45) is 4.18. The van der Waals surface area contributed by atoms with Gasteiger partial charge in [-0.2, -0.15) is 0 Å². The number of rotatable bonds is 14. The molecule has 0 fully saturated rings. The van der Waals surface area contributed by atoms with E-state index < -0.39 is 11.2 Å². The lowest BCUT2D eigenvalue weighted by Gasteiger charge is -2.38. The van der Waals surface area contributed by atoms with E-state index in [4.69, 9.17) is 4.74 Å². The Kier molecular flexibility index (Phi) is 10.8. The maximum atomic E-state index is 14.1. The minimum absolute atomic E-state index is 0.0151. The van der Waals surface area contributed by atoms with Crippen molar-refractivity contribution >= 4 is 11.6 Å². The molecule has 0 bridgehead atoms. The average Bonchev–Trinajstić information content (AvgIpc) is 2.82. The molecule has 200 valence electrons. The van der Waals surface area contributed by atoms with E-state index in [0.717, 1.165) is 30.6 Å². The van der Waals surface area contributed by atoms with Gasteiger partial charge in [0.25, 0.3) is 0 Å². The lowest BCUT2D eigenvalue weighted by atomic mass is 9.64. The van der Waals surface area contributed by atoms with Crippen molar-refractivity contribution in [2.45, 2.75) is 92.9 Å². The molecule has 2 rings (SSSR count). The van der Waals surface area contributed by atoms with Crippen molar-refractivity contribution in [3.8, 4) is 5.75 Å². The molecule has 0 aromatic heterocycles. The van der Waals surface area contributed by atoms with E-state index >= 15 is 0 Å². The zero-order valence-corrected chi connectivity index (χ0v) is 23.3. The van der Waals surface area contributed by atoms with Crippen LogP contribution in [0.15, 0.2) is 46.9 Å². The highest BCUT2D eigenvalue weighted by atomic mass is 16.5. The Labute approximate surface area is 217 Å². The summed E-state index contributed by atoms with van der Waals surface area (Å²) >= 11 is 0. The average molecular weight is 499 g/mol. The van der Waals surface area contributed by atoms with E-state index in [0.29, 0.717) is 49.0 Å². The summed E-state index contributed by atoms with van der Waals surface area (Å²) in [6, 6.07) is 7.49. The molecule has 1 aliphatic carbocycles. The topological polar surface area (TPSA) is 83.8 Å². The Morgan fingerprint density at radius 2 is 1.39 bits per heavy atom. The number of ether oxygens (including phenoxy) is 1. The molecule has 0 spiro atoms. The molecule has 0 aliphatic heterocycles. The van der Waals surface area contributed by atoms with Crippen LogP contribution >= 0.6 is 0 Å². The Morgan fingerprint density at radius 3 is 1.86 bits per heavy atom. The number of aliphatic hydroxyl groups excluding tert-OH is 2. The van der Waals surface area contributed by atoms with E-state index in [1.54, 1.807) is 7.11 Å². The summed E-state index contributed by atoms with van der Waals surface area (Å²) in [5.41, 5.74) is 0.0612. The third-order valence-corrected chi connectivity index (χ3v) is 7.27. The summed E-state index contributed by atoms with van der Waals surface area (Å²) < 4.78 is 5.20. The number of aliphatic hydroxyl groups is 2. The quantitative estimate of drug-likeness (QED) is 0.257. The zero-order valence-electron chi connectivity index (χ0n) is 23.3. The van der Waals surface area contributed by atoms with E-state index in [1.807, 2.05) is 24.3 Å². The van der Waals surface area contributed by atoms with Gasteiger partial charge in [-0.25, -0.2) is 0 Å². The van der Waals surface area contributed by atoms with Gasteiger partial charge in [-0.15, -0.1) is 0 Å². The molecule has 1 aliphatic rings. The van der Waals surface area contributed by atoms with Crippen LogP contribution in [0.3, 0.4) is 0 Å². The van der Waals surface area contributed by atoms with Gasteiger partial charge in [0.1, 0.15) is 22.8 Å². The third-order valence-electron chi connectivity index (χ3n) is 7.27. The van der Waals surface area contributed by atoms with E-state index in [-0.39, 0.29) is 29.3 Å². The molecular formula is C31H46O5. The van der Waals surface area contributed by atoms with E-state index in [1.165, 1.54) is 0 Å². The number of ketones is 2. The fourth-order valence-corrected chi connectivity index (χ4v) is 4.77. The van der Waals surface area contributed by atoms with Crippen LogP contribution in [0.25, 0.3) is 0 Å². The second-order valence-corrected chi connectivity index (χ2v) is 11.5. The number of allylic oxidation sites excluding steroid dienone is 3. The van der Waals surface area contributed by atoms with Crippen molar-refractivity contribution in [1.29, 1.82) is 0 Å². The van der Waals surface area contributed by atoms with Crippen LogP contribution in [0.2, 0.25) is 0 Å². The van der Waals surface area contributed by atoms with Gasteiger partial charge in [-0.1, -0.05) is 53.7 Å². The van der Waals surface area contributed by atoms with Gasteiger partial charge in [0.05, 0.1) is 12.5 Å². The Balaban J connectivity index is 2.49. The first kappa shape index (κ1) is 29.7. The predicted octanol–water partition coefficient (Wildman–Crippen LogP) is 7.70. The van der Waals surface area contributed by atoms with Gasteiger partial charge in [0.15, 0.2) is 11.6 Å². The van der Waals surface area contributed by atoms with Crippen molar-refractivity contribution in [2.24, 2.45) is 23.2 Å². The Bertz CT molecular complexity index is 951. The van der Waals surface area contributed by atoms with Crippen LogP contribution in [-0.4, -0.2) is 28.9 Å². The van der Waals surface area contributed by atoms with Gasteiger partial charge < -0.3 is 14.9 Å². The molecule has 1 aromatic rings. The number of Topliss-reactive ketones (excluding diaryl/α,β-unsaturated/α-hetero) is 2. The van der Waals surface area contributed by atoms with Crippen molar-refractivity contribution in [3.63, 3.8) is 0 Å². The number of benzene rings is 1. The largest absolute Gasteiger partial charge is 0.511 e. The molecule has 0 atom stereocenters. The van der Waals surface area contributed by atoms with E-state index in [9.17, 15) is 19.8 Å². The summed E-state index contributed by atoms with van der Waals surface area (Å²) in [7, 11) is 1.60. The maximum Gasteiger partial charge on any atom is 0.183 e. The third kappa shape index (κ3) is 7.24. The second-order valence-electron chi connectivity index (χ2n) is 11.5. The summed E-state index contributed by atoms with van der Waals surface area (Å²) in [4.78, 5) is 27.6. The minimum Gasteiger partial charge on any atom is -0.511 e. The molecule has 0 amide bonds. The van der Waals surface area contributed by atoms with Gasteiger partial charge >= 0.3 is 0 Å². The molecular weight excluding hydrogens is 452 g/mol. The second kappa shape index (κ2) is 13.1. The number of aryl methyl sites for hydroxylation is 1. The molecule has 36 heavy (non-hydrogen) atoms. The molecule has 0 heterocycles. The fraction of sp³-hybridized carbons (Fsp3) is 0.613. The molecule has 2 N–H and O–H groups in total. The van der Waals surface area contributed by atoms with E-state index in [2.05, 4.69) is 41.5 Å². The predicted molar refractivity (Wildman–Crippen MR) is 145 cm³/mol. The first-order valence-corrected chi connectivity index (χ1v) is 13.5. The van der Waals surface area contributed by atoms with Gasteiger partial charge in [-0.05, 0) is 80.4 Å². The van der Waals surface area contributed by atoms with Crippen LogP contribution < -0.4 is 4.74 Å². The number of hydrogen-bond donors (Lipinski definition) is 2. The van der Waals surface area contributed by atoms with Crippen LogP contribution in [-0.2, 0) is 16.0 Å². The maximum absolute atomic E-state index is 14.1. The molecule has 0 unspecified atom stereocenters. The van der Waals surface area contributed by atoms with Crippen LogP contribution in [0, 0.1) is 23.2 Å². The standard InChI is InChI=1S/C31H46O5/c1-20(2)8-14-25-28(33)27(26(32)15-11-23-9-12-24(36-7)13-10-23)30(35)31(29(25)34,18-16-21(3)4)19-17-22(5)6/h9-10,12-13,20-22,33-34H,8,11,14-19H2,1-7H3. The zero-order chi connectivity index (χ0) is 27.0. The van der Waals surface area contributed by atoms with Gasteiger partial charge in [0.2, 0.25) is 0 Å². The first-order chi connectivity index (χ1) is 16.9. The molecule has 5 nitrogen and oxygen atoms in total. The number of carbonyl (C=O) groups is 2. The Morgan fingerprint density at radius 1 is 0.861 bits per heavy atom. The van der Waals surface area contributed by atoms with Gasteiger partial charge in [0, 0.05) is 12.0 Å². The highest BCUT2D eigenvalue weighted by Crippen LogP contribution is 2.48. The fourth-order valence-electron chi connectivity index (χ4n) is 4.77. The van der Waals surface area contributed by atoms with Crippen molar-refractivity contribution in [3.05, 3.63) is 52.5 Å². The van der Waals surface area contributed by atoms with Gasteiger partial charge in [-0.3, -0.25) is 9.59 Å². The monoisotopic (exact) mass is 498 g/mol. The van der Waals surface area contributed by atoms with Crippen molar-refractivity contribution in [1.82, 2.24) is 0 Å². The SMILES string of the molecule is COc1ccc(CCC(=O)C2=C(O)C(CCC(C)C)=C(O)C(CCC(C)C)(CCC(C)C)C2=O)cc1. The minimum atomic E-state index is -1.15. The summed E-state index contributed by atoms with van der Waals surface area (Å²) in [5.74, 6) is 0.673. The molecule has 1 aromatic carbocycles. The van der Waals surface area contributed by atoms with Crippen LogP contribution in [0.5, 0.6) is 5.75 Å². The number of hydrogen-bond acceptors (Lipinski definition) is 5. The normalized spacial score (nSPS) is 16.0. The van der Waals surface area contributed by atoms with Crippen molar-refractivity contribution in [2.75, 3.05) is 7.11 Å². The summed E-state index contributed by atoms with van der Waals surface area (Å²) in [6.45, 7) is 12.5. The molecule has 0 saturated carbocycles. The van der Waals surface area contributed by atoms with Crippen LogP contribution in [0.1, 0.15) is 92.1 Å².